The first-order valence-corrected chi connectivity index (χ1v) is 15.9. The Morgan fingerprint density at radius 1 is 0.911 bits per heavy atom. The Hall–Kier alpha value is -4.76. The van der Waals surface area contributed by atoms with E-state index in [0.29, 0.717) is 29.0 Å². The molecule has 9 nitrogen and oxygen atoms in total. The number of aryl methyl sites for hydroxylation is 1. The summed E-state index contributed by atoms with van der Waals surface area (Å²) in [5.41, 5.74) is 12.0. The summed E-state index contributed by atoms with van der Waals surface area (Å²) in [7, 11) is 0. The lowest BCUT2D eigenvalue weighted by molar-refractivity contribution is 0.0612. The fourth-order valence-electron chi connectivity index (χ4n) is 6.78. The molecule has 1 aliphatic carbocycles. The third-order valence-corrected chi connectivity index (χ3v) is 9.31. The number of fused-ring (bicyclic) bond motifs is 1. The molecule has 2 aromatic carbocycles. The van der Waals surface area contributed by atoms with Crippen LogP contribution in [0.5, 0.6) is 0 Å². The summed E-state index contributed by atoms with van der Waals surface area (Å²) in [6.07, 6.45) is 13.8. The van der Waals surface area contributed by atoms with Gasteiger partial charge in [0, 0.05) is 61.2 Å². The van der Waals surface area contributed by atoms with Crippen molar-refractivity contribution in [2.45, 2.75) is 58.0 Å². The molecule has 2 aliphatic rings. The summed E-state index contributed by atoms with van der Waals surface area (Å²) in [5.74, 6) is 0.446. The van der Waals surface area contributed by atoms with E-state index in [1.165, 1.54) is 19.2 Å². The van der Waals surface area contributed by atoms with Crippen LogP contribution >= 0.6 is 0 Å². The minimum absolute atomic E-state index is 0.119. The Morgan fingerprint density at radius 3 is 2.33 bits per heavy atom. The maximum atomic E-state index is 13.7. The van der Waals surface area contributed by atoms with Crippen molar-refractivity contribution in [2.24, 2.45) is 5.92 Å². The largest absolute Gasteiger partial charge is 0.383 e. The predicted octanol–water partition coefficient (Wildman–Crippen LogP) is 6.61. The molecule has 0 atom stereocenters. The van der Waals surface area contributed by atoms with Crippen LogP contribution in [-0.2, 0) is 11.3 Å². The number of anilines is 2. The number of hydrogen-bond donors (Lipinski definition) is 2. The summed E-state index contributed by atoms with van der Waals surface area (Å²) >= 11 is 0. The summed E-state index contributed by atoms with van der Waals surface area (Å²) in [6, 6.07) is 15.9. The van der Waals surface area contributed by atoms with E-state index in [0.717, 1.165) is 78.7 Å². The summed E-state index contributed by atoms with van der Waals surface area (Å²) in [5, 5.41) is 3.81. The number of nitrogen functional groups attached to an aromatic ring is 1. The van der Waals surface area contributed by atoms with Crippen molar-refractivity contribution in [3.05, 3.63) is 94.8 Å². The number of nitrogens with two attached hydrogens (primary N) is 1. The molecule has 7 rings (SSSR count). The van der Waals surface area contributed by atoms with Crippen LogP contribution in [0.4, 0.5) is 11.5 Å². The second kappa shape index (κ2) is 12.3. The van der Waals surface area contributed by atoms with E-state index < -0.39 is 5.91 Å². The number of carbonyl (C=O) groups is 1. The van der Waals surface area contributed by atoms with E-state index in [2.05, 4.69) is 26.0 Å². The van der Waals surface area contributed by atoms with Gasteiger partial charge in [-0.25, -0.2) is 9.97 Å². The van der Waals surface area contributed by atoms with Crippen molar-refractivity contribution in [3.63, 3.8) is 0 Å². The second-order valence-corrected chi connectivity index (χ2v) is 12.4. The average molecular weight is 603 g/mol. The van der Waals surface area contributed by atoms with Gasteiger partial charge in [-0.05, 0) is 61.8 Å². The number of nitrogens with one attached hydrogen (secondary N) is 1. The average Bonchev–Trinajstić information content (AvgIpc) is 3.72. The van der Waals surface area contributed by atoms with E-state index in [9.17, 15) is 9.59 Å². The van der Waals surface area contributed by atoms with Crippen molar-refractivity contribution in [1.29, 1.82) is 0 Å². The zero-order valence-electron chi connectivity index (χ0n) is 25.5. The van der Waals surface area contributed by atoms with Gasteiger partial charge in [0.1, 0.15) is 23.4 Å². The molecule has 0 unspecified atom stereocenters. The van der Waals surface area contributed by atoms with Crippen LogP contribution in [-0.4, -0.2) is 38.2 Å². The Bertz CT molecular complexity index is 1900. The summed E-state index contributed by atoms with van der Waals surface area (Å²) in [4.78, 5) is 36.2. The van der Waals surface area contributed by atoms with E-state index in [1.54, 1.807) is 6.20 Å². The molecule has 5 aromatic rings. The van der Waals surface area contributed by atoms with Gasteiger partial charge in [0.15, 0.2) is 0 Å². The third kappa shape index (κ3) is 5.88. The Balaban J connectivity index is 1.18. The van der Waals surface area contributed by atoms with E-state index >= 15 is 0 Å². The SMILES string of the molecule is Cc1ccc(-c2cn(CC3CCOCC3)cc(C(=O)Nc3ccc(-c4cn(C5CCCC5)c5ncnc(N)c45)cc3)c2=O)cc1. The van der Waals surface area contributed by atoms with Gasteiger partial charge in [0.05, 0.1) is 5.39 Å². The quantitative estimate of drug-likeness (QED) is 0.216. The zero-order valence-corrected chi connectivity index (χ0v) is 25.5. The molecule has 1 amide bonds. The molecule has 3 N–H and O–H groups in total. The van der Waals surface area contributed by atoms with Crippen LogP contribution in [0.15, 0.2) is 78.2 Å². The van der Waals surface area contributed by atoms with Crippen molar-refractivity contribution in [1.82, 2.24) is 19.1 Å². The smallest absolute Gasteiger partial charge is 0.261 e. The monoisotopic (exact) mass is 602 g/mol. The number of hydrogen-bond acceptors (Lipinski definition) is 6. The molecule has 1 saturated heterocycles. The molecule has 0 bridgehead atoms. The van der Waals surface area contributed by atoms with Gasteiger partial charge in [-0.2, -0.15) is 0 Å². The second-order valence-electron chi connectivity index (χ2n) is 12.4. The fourth-order valence-corrected chi connectivity index (χ4v) is 6.78. The molecule has 1 saturated carbocycles. The molecule has 1 aliphatic heterocycles. The van der Waals surface area contributed by atoms with Crippen LogP contribution in [0.25, 0.3) is 33.3 Å². The Labute approximate surface area is 262 Å². The molecular formula is C36H38N6O3. The number of benzene rings is 2. The predicted molar refractivity (Wildman–Crippen MR) is 177 cm³/mol. The van der Waals surface area contributed by atoms with Crippen LogP contribution in [0.2, 0.25) is 0 Å². The number of amides is 1. The first-order chi connectivity index (χ1) is 21.9. The molecule has 2 fully saturated rings. The number of ether oxygens (including phenoxy) is 1. The van der Waals surface area contributed by atoms with Crippen LogP contribution < -0.4 is 16.5 Å². The van der Waals surface area contributed by atoms with E-state index in [-0.39, 0.29) is 11.0 Å². The molecule has 3 aromatic heterocycles. The number of nitrogens with zero attached hydrogens (tertiary/aromatic N) is 4. The van der Waals surface area contributed by atoms with Gasteiger partial charge in [0.2, 0.25) is 5.43 Å². The van der Waals surface area contributed by atoms with Gasteiger partial charge < -0.3 is 24.9 Å². The van der Waals surface area contributed by atoms with Gasteiger partial charge in [-0.15, -0.1) is 0 Å². The lowest BCUT2D eigenvalue weighted by atomic mass is 9.99. The lowest BCUT2D eigenvalue weighted by Gasteiger charge is -2.23. The minimum atomic E-state index is -0.432. The highest BCUT2D eigenvalue weighted by Gasteiger charge is 2.23. The zero-order chi connectivity index (χ0) is 30.9. The van der Waals surface area contributed by atoms with E-state index in [1.807, 2.05) is 66.2 Å². The number of carbonyl (C=O) groups excluding carboxylic acids is 1. The van der Waals surface area contributed by atoms with Crippen LogP contribution in [0, 0.1) is 12.8 Å². The number of pyridine rings is 1. The molecule has 0 radical (unpaired) electrons. The normalized spacial score (nSPS) is 15.9. The topological polar surface area (TPSA) is 117 Å². The highest BCUT2D eigenvalue weighted by atomic mass is 16.5. The fraction of sp³-hybridized carbons (Fsp3) is 0.333. The first kappa shape index (κ1) is 29.0. The highest BCUT2D eigenvalue weighted by molar-refractivity contribution is 6.05. The molecule has 9 heteroatoms. The number of aromatic nitrogens is 4. The number of rotatable bonds is 7. The third-order valence-electron chi connectivity index (χ3n) is 9.31. The Morgan fingerprint density at radius 2 is 1.60 bits per heavy atom. The molecule has 45 heavy (non-hydrogen) atoms. The standard InChI is InChI=1S/C36H38N6O3/c1-23-6-8-26(9-7-23)30-19-41(18-24-14-16-45-17-15-24)20-31(33(30)43)36(44)40-27-12-10-25(11-13-27)29-21-42(28-4-2-3-5-28)35-32(29)34(37)38-22-39-35/h6-13,19-22,24,28H,2-5,14-18H2,1H3,(H,40,44)(H2,37,38,39). The summed E-state index contributed by atoms with van der Waals surface area (Å²) in [6.45, 7) is 4.21. The van der Waals surface area contributed by atoms with Gasteiger partial charge in [-0.1, -0.05) is 54.8 Å². The maximum absolute atomic E-state index is 13.7. The summed E-state index contributed by atoms with van der Waals surface area (Å²) < 4.78 is 9.78. The van der Waals surface area contributed by atoms with Gasteiger partial charge in [-0.3, -0.25) is 9.59 Å². The lowest BCUT2D eigenvalue weighted by Crippen LogP contribution is -2.26. The maximum Gasteiger partial charge on any atom is 0.261 e. The molecule has 0 spiro atoms. The Kier molecular flexibility index (Phi) is 7.94. The van der Waals surface area contributed by atoms with Crippen molar-refractivity contribution >= 4 is 28.4 Å². The van der Waals surface area contributed by atoms with Crippen molar-refractivity contribution < 1.29 is 9.53 Å². The van der Waals surface area contributed by atoms with Crippen LogP contribution in [0.1, 0.15) is 60.5 Å². The van der Waals surface area contributed by atoms with Crippen molar-refractivity contribution in [3.8, 4) is 22.3 Å². The van der Waals surface area contributed by atoms with Gasteiger partial charge >= 0.3 is 0 Å². The van der Waals surface area contributed by atoms with Crippen LogP contribution in [0.3, 0.4) is 0 Å². The minimum Gasteiger partial charge on any atom is -0.383 e. The highest BCUT2D eigenvalue weighted by Crippen LogP contribution is 2.39. The molecular weight excluding hydrogens is 564 g/mol. The first-order valence-electron chi connectivity index (χ1n) is 15.9. The van der Waals surface area contributed by atoms with E-state index in [4.69, 9.17) is 10.5 Å². The van der Waals surface area contributed by atoms with Gasteiger partial charge in [0.25, 0.3) is 5.91 Å². The molecule has 230 valence electrons. The van der Waals surface area contributed by atoms with Crippen molar-refractivity contribution in [2.75, 3.05) is 24.3 Å². The molecule has 4 heterocycles.